The van der Waals surface area contributed by atoms with Gasteiger partial charge in [0.2, 0.25) is 5.95 Å². The molecule has 1 aliphatic rings. The lowest BCUT2D eigenvalue weighted by Gasteiger charge is -2.30. The molecular weight excluding hydrogens is 416 g/mol. The molecule has 0 bridgehead atoms. The predicted molar refractivity (Wildman–Crippen MR) is 119 cm³/mol. The summed E-state index contributed by atoms with van der Waals surface area (Å²) in [5, 5.41) is 8.54. The van der Waals surface area contributed by atoms with Gasteiger partial charge in [-0.15, -0.1) is 0 Å². The lowest BCUT2D eigenvalue weighted by molar-refractivity contribution is 0.352. The third-order valence-corrected chi connectivity index (χ3v) is 5.96. The molecule has 0 unspecified atom stereocenters. The van der Waals surface area contributed by atoms with Crippen molar-refractivity contribution in [2.24, 2.45) is 0 Å². The number of fused-ring (bicyclic) bond motifs is 1. The highest BCUT2D eigenvalue weighted by Crippen LogP contribution is 2.25. The van der Waals surface area contributed by atoms with E-state index in [1.54, 1.807) is 0 Å². The van der Waals surface area contributed by atoms with E-state index < -0.39 is 0 Å². The Balaban J connectivity index is 1.28. The SMILES string of the molecule is CN(C)c1ccnc(NC2CCC(NCc3c[nH]c4ccc(Br)cc34)CC2)n1. The van der Waals surface area contributed by atoms with Crippen LogP contribution >= 0.6 is 15.9 Å². The molecule has 1 fully saturated rings. The van der Waals surface area contributed by atoms with Crippen LogP contribution < -0.4 is 15.5 Å². The van der Waals surface area contributed by atoms with Crippen LogP contribution in [0.3, 0.4) is 0 Å². The van der Waals surface area contributed by atoms with Gasteiger partial charge in [-0.3, -0.25) is 0 Å². The number of halogens is 1. The van der Waals surface area contributed by atoms with Gasteiger partial charge in [0.05, 0.1) is 0 Å². The molecule has 2 heterocycles. The fourth-order valence-electron chi connectivity index (χ4n) is 3.84. The van der Waals surface area contributed by atoms with E-state index >= 15 is 0 Å². The smallest absolute Gasteiger partial charge is 0.224 e. The number of hydrogen-bond acceptors (Lipinski definition) is 5. The molecule has 0 amide bonds. The summed E-state index contributed by atoms with van der Waals surface area (Å²) in [5.74, 6) is 1.66. The van der Waals surface area contributed by atoms with Gasteiger partial charge in [0, 0.05) is 60.5 Å². The maximum absolute atomic E-state index is 4.57. The molecular formula is C21H27BrN6. The quantitative estimate of drug-likeness (QED) is 0.530. The fraction of sp³-hybridized carbons (Fsp3) is 0.429. The zero-order chi connectivity index (χ0) is 19.5. The van der Waals surface area contributed by atoms with E-state index in [1.165, 1.54) is 16.5 Å². The summed E-state index contributed by atoms with van der Waals surface area (Å²) in [6, 6.07) is 9.31. The Bertz CT molecular complexity index is 930. The van der Waals surface area contributed by atoms with Crippen molar-refractivity contribution >= 4 is 38.6 Å². The van der Waals surface area contributed by atoms with Crippen molar-refractivity contribution in [3.63, 3.8) is 0 Å². The molecule has 2 aromatic heterocycles. The molecule has 0 atom stereocenters. The summed E-state index contributed by atoms with van der Waals surface area (Å²) in [6.07, 6.45) is 8.53. The van der Waals surface area contributed by atoms with Crippen LogP contribution in [-0.4, -0.2) is 41.1 Å². The van der Waals surface area contributed by atoms with E-state index in [0.29, 0.717) is 12.1 Å². The number of nitrogens with one attached hydrogen (secondary N) is 3. The second-order valence-corrected chi connectivity index (χ2v) is 8.63. The van der Waals surface area contributed by atoms with Gasteiger partial charge in [0.25, 0.3) is 0 Å². The Hall–Kier alpha value is -2.12. The first-order chi connectivity index (χ1) is 13.6. The predicted octanol–water partition coefficient (Wildman–Crippen LogP) is 4.30. The van der Waals surface area contributed by atoms with Crippen LogP contribution in [0.25, 0.3) is 10.9 Å². The van der Waals surface area contributed by atoms with Gasteiger partial charge in [0.1, 0.15) is 5.82 Å². The van der Waals surface area contributed by atoms with Gasteiger partial charge in [-0.25, -0.2) is 4.98 Å². The van der Waals surface area contributed by atoms with Gasteiger partial charge in [-0.05, 0) is 55.5 Å². The molecule has 6 nitrogen and oxygen atoms in total. The summed E-state index contributed by atoms with van der Waals surface area (Å²) in [5.41, 5.74) is 2.51. The van der Waals surface area contributed by atoms with Gasteiger partial charge in [-0.1, -0.05) is 15.9 Å². The van der Waals surface area contributed by atoms with Gasteiger partial charge in [0.15, 0.2) is 0 Å². The maximum Gasteiger partial charge on any atom is 0.224 e. The second-order valence-electron chi connectivity index (χ2n) is 7.71. The topological polar surface area (TPSA) is 68.9 Å². The Morgan fingerprint density at radius 3 is 2.71 bits per heavy atom. The first-order valence-corrected chi connectivity index (χ1v) is 10.6. The summed E-state index contributed by atoms with van der Waals surface area (Å²) < 4.78 is 1.12. The van der Waals surface area contributed by atoms with Crippen molar-refractivity contribution in [3.05, 3.63) is 46.7 Å². The molecule has 3 N–H and O–H groups in total. The molecule has 0 radical (unpaired) electrons. The van der Waals surface area contributed by atoms with Crippen LogP contribution in [0.5, 0.6) is 0 Å². The molecule has 0 aliphatic heterocycles. The highest BCUT2D eigenvalue weighted by molar-refractivity contribution is 9.10. The first-order valence-electron chi connectivity index (χ1n) is 9.84. The molecule has 1 aliphatic carbocycles. The van der Waals surface area contributed by atoms with E-state index in [9.17, 15) is 0 Å². The third kappa shape index (κ3) is 4.47. The van der Waals surface area contributed by atoms with Crippen LogP contribution in [0, 0.1) is 0 Å². The van der Waals surface area contributed by atoms with E-state index in [2.05, 4.69) is 65.9 Å². The summed E-state index contributed by atoms with van der Waals surface area (Å²) in [4.78, 5) is 14.3. The Morgan fingerprint density at radius 1 is 1.14 bits per heavy atom. The Morgan fingerprint density at radius 2 is 1.93 bits per heavy atom. The maximum atomic E-state index is 4.57. The normalized spacial score (nSPS) is 19.7. The first kappa shape index (κ1) is 19.2. The lowest BCUT2D eigenvalue weighted by Crippen LogP contribution is -2.36. The summed E-state index contributed by atoms with van der Waals surface area (Å²) in [7, 11) is 3.99. The van der Waals surface area contributed by atoms with Crippen molar-refractivity contribution < 1.29 is 0 Å². The number of nitrogens with zero attached hydrogens (tertiary/aromatic N) is 3. The number of benzene rings is 1. The molecule has 1 aromatic carbocycles. The Kier molecular flexibility index (Phi) is 5.82. The molecule has 3 aromatic rings. The van der Waals surface area contributed by atoms with Crippen molar-refractivity contribution in [1.29, 1.82) is 0 Å². The summed E-state index contributed by atoms with van der Waals surface area (Å²) >= 11 is 3.57. The zero-order valence-electron chi connectivity index (χ0n) is 16.4. The molecule has 0 spiro atoms. The largest absolute Gasteiger partial charge is 0.363 e. The van der Waals surface area contributed by atoms with E-state index in [0.717, 1.165) is 48.5 Å². The molecule has 0 saturated heterocycles. The number of aromatic amines is 1. The van der Waals surface area contributed by atoms with Crippen LogP contribution in [0.2, 0.25) is 0 Å². The highest BCUT2D eigenvalue weighted by atomic mass is 79.9. The standard InChI is InChI=1S/C21H27BrN6/c1-28(2)20-9-10-23-21(27-20)26-17-6-4-16(5-7-17)24-12-14-13-25-19-8-3-15(22)11-18(14)19/h3,8-11,13,16-17,24-25H,4-7,12H2,1-2H3,(H,23,26,27). The molecule has 7 heteroatoms. The van der Waals surface area contributed by atoms with Gasteiger partial charge < -0.3 is 20.5 Å². The fourth-order valence-corrected chi connectivity index (χ4v) is 4.20. The lowest BCUT2D eigenvalue weighted by atomic mass is 9.91. The van der Waals surface area contributed by atoms with E-state index in [-0.39, 0.29) is 0 Å². The molecule has 4 rings (SSSR count). The minimum atomic E-state index is 0.444. The van der Waals surface area contributed by atoms with Crippen LogP contribution in [0.15, 0.2) is 41.1 Å². The monoisotopic (exact) mass is 442 g/mol. The molecule has 28 heavy (non-hydrogen) atoms. The minimum absolute atomic E-state index is 0.444. The van der Waals surface area contributed by atoms with Crippen molar-refractivity contribution in [2.45, 2.75) is 44.3 Å². The zero-order valence-corrected chi connectivity index (χ0v) is 18.0. The highest BCUT2D eigenvalue weighted by Gasteiger charge is 2.21. The number of H-pyrrole nitrogens is 1. The number of hydrogen-bond donors (Lipinski definition) is 3. The second kappa shape index (κ2) is 8.49. The third-order valence-electron chi connectivity index (χ3n) is 5.47. The average molecular weight is 443 g/mol. The van der Waals surface area contributed by atoms with Crippen molar-refractivity contribution in [3.8, 4) is 0 Å². The number of aromatic nitrogens is 3. The van der Waals surface area contributed by atoms with Crippen LogP contribution in [0.1, 0.15) is 31.2 Å². The minimum Gasteiger partial charge on any atom is -0.363 e. The van der Waals surface area contributed by atoms with E-state index in [1.807, 2.05) is 31.3 Å². The average Bonchev–Trinajstić information content (AvgIpc) is 3.10. The Labute approximate surface area is 174 Å². The summed E-state index contributed by atoms with van der Waals surface area (Å²) in [6.45, 7) is 0.896. The van der Waals surface area contributed by atoms with Gasteiger partial charge in [-0.2, -0.15) is 4.98 Å². The van der Waals surface area contributed by atoms with Gasteiger partial charge >= 0.3 is 0 Å². The number of anilines is 2. The van der Waals surface area contributed by atoms with Crippen LogP contribution in [0.4, 0.5) is 11.8 Å². The van der Waals surface area contributed by atoms with Crippen molar-refractivity contribution in [1.82, 2.24) is 20.3 Å². The molecule has 1 saturated carbocycles. The van der Waals surface area contributed by atoms with E-state index in [4.69, 9.17) is 0 Å². The molecule has 148 valence electrons. The van der Waals surface area contributed by atoms with Crippen molar-refractivity contribution in [2.75, 3.05) is 24.3 Å². The van der Waals surface area contributed by atoms with Crippen LogP contribution in [-0.2, 0) is 6.54 Å². The number of rotatable bonds is 6.